The second-order valence-corrected chi connectivity index (χ2v) is 9.19. The minimum atomic E-state index is -0.368. The van der Waals surface area contributed by atoms with Crippen molar-refractivity contribution >= 4 is 43.2 Å². The molecule has 6 heteroatoms. The number of aryl methyl sites for hydroxylation is 2. The van der Waals surface area contributed by atoms with Gasteiger partial charge in [-0.25, -0.2) is 9.36 Å². The highest BCUT2D eigenvalue weighted by atomic mass is 35.5. The van der Waals surface area contributed by atoms with Gasteiger partial charge in [-0.15, -0.1) is 11.3 Å². The van der Waals surface area contributed by atoms with Gasteiger partial charge in [0.25, 0.3) is 5.56 Å². The van der Waals surface area contributed by atoms with E-state index >= 15 is 0 Å². The van der Waals surface area contributed by atoms with Gasteiger partial charge in [0.05, 0.1) is 17.7 Å². The van der Waals surface area contributed by atoms with E-state index in [1.165, 1.54) is 15.9 Å². The Labute approximate surface area is 187 Å². The number of benzene rings is 3. The lowest BCUT2D eigenvalue weighted by atomic mass is 10.1. The fourth-order valence-corrected chi connectivity index (χ4v) is 5.33. The summed E-state index contributed by atoms with van der Waals surface area (Å²) >= 11 is 7.64. The maximum atomic E-state index is 13.8. The first-order valence-corrected chi connectivity index (χ1v) is 11.1. The lowest BCUT2D eigenvalue weighted by molar-refractivity contribution is 0.716. The molecule has 0 atom stereocenters. The van der Waals surface area contributed by atoms with Gasteiger partial charge in [0, 0.05) is 15.1 Å². The molecule has 2 heterocycles. The molecule has 0 aliphatic heterocycles. The predicted octanol–water partition coefficient (Wildman–Crippen LogP) is 5.69. The maximum absolute atomic E-state index is 13.8. The van der Waals surface area contributed by atoms with Crippen LogP contribution in [0.4, 0.5) is 0 Å². The number of hydrogen-bond acceptors (Lipinski definition) is 3. The molecule has 154 valence electrons. The second kappa shape index (κ2) is 7.52. The molecule has 0 fully saturated rings. The highest BCUT2D eigenvalue weighted by molar-refractivity contribution is 7.25. The molecule has 0 saturated heterocycles. The summed E-state index contributed by atoms with van der Waals surface area (Å²) in [7, 11) is 0. The zero-order valence-corrected chi connectivity index (χ0v) is 18.6. The van der Waals surface area contributed by atoms with Gasteiger partial charge in [-0.1, -0.05) is 65.7 Å². The summed E-state index contributed by atoms with van der Waals surface area (Å²) in [6.07, 6.45) is 0. The van der Waals surface area contributed by atoms with Crippen LogP contribution in [-0.2, 0) is 6.54 Å². The van der Waals surface area contributed by atoms with Crippen molar-refractivity contribution in [3.63, 3.8) is 0 Å². The third kappa shape index (κ3) is 3.30. The summed E-state index contributed by atoms with van der Waals surface area (Å²) in [5.41, 5.74) is 3.46. The highest BCUT2D eigenvalue weighted by Gasteiger charge is 2.20. The Balaban J connectivity index is 1.92. The van der Waals surface area contributed by atoms with Gasteiger partial charge in [-0.2, -0.15) is 0 Å². The van der Waals surface area contributed by atoms with Crippen LogP contribution in [0.3, 0.4) is 0 Å². The van der Waals surface area contributed by atoms with E-state index in [9.17, 15) is 9.59 Å². The molecule has 5 aromatic rings. The number of nitrogens with zero attached hydrogens (tertiary/aromatic N) is 2. The smallest absolute Gasteiger partial charge is 0.287 e. The molecule has 5 rings (SSSR count). The summed E-state index contributed by atoms with van der Waals surface area (Å²) in [4.78, 5) is 27.3. The SMILES string of the molecule is Cc1cccc(Cn2c(=O)n(-c3cc(Cl)ccc3C)c(=O)c3sc4ccccc4c32)c1. The lowest BCUT2D eigenvalue weighted by Crippen LogP contribution is -2.39. The van der Waals surface area contributed by atoms with Gasteiger partial charge in [-0.3, -0.25) is 9.36 Å². The van der Waals surface area contributed by atoms with E-state index in [1.54, 1.807) is 16.7 Å². The minimum absolute atomic E-state index is 0.313. The molecule has 4 nitrogen and oxygen atoms in total. The molecule has 0 bridgehead atoms. The topological polar surface area (TPSA) is 44.0 Å². The zero-order valence-electron chi connectivity index (χ0n) is 17.1. The van der Waals surface area contributed by atoms with Crippen molar-refractivity contribution in [2.45, 2.75) is 20.4 Å². The molecule has 0 radical (unpaired) electrons. The van der Waals surface area contributed by atoms with Gasteiger partial charge in [0.15, 0.2) is 0 Å². The molecule has 3 aromatic carbocycles. The van der Waals surface area contributed by atoms with E-state index in [0.29, 0.717) is 27.5 Å². The third-order valence-electron chi connectivity index (χ3n) is 5.49. The van der Waals surface area contributed by atoms with Gasteiger partial charge >= 0.3 is 5.69 Å². The summed E-state index contributed by atoms with van der Waals surface area (Å²) in [6.45, 7) is 4.27. The molecule has 31 heavy (non-hydrogen) atoms. The Kier molecular flexibility index (Phi) is 4.80. The molecule has 0 saturated carbocycles. The van der Waals surface area contributed by atoms with Crippen LogP contribution in [0.15, 0.2) is 76.3 Å². The maximum Gasteiger partial charge on any atom is 0.336 e. The van der Waals surface area contributed by atoms with Crippen LogP contribution in [0.25, 0.3) is 26.0 Å². The van der Waals surface area contributed by atoms with Crippen molar-refractivity contribution in [3.8, 4) is 5.69 Å². The number of aromatic nitrogens is 2. The first kappa shape index (κ1) is 19.8. The quantitative estimate of drug-likeness (QED) is 0.357. The van der Waals surface area contributed by atoms with E-state index in [2.05, 4.69) is 6.07 Å². The van der Waals surface area contributed by atoms with Crippen molar-refractivity contribution in [2.24, 2.45) is 0 Å². The number of thiophene rings is 1. The van der Waals surface area contributed by atoms with Crippen LogP contribution in [0, 0.1) is 13.8 Å². The average Bonchev–Trinajstić information content (AvgIpc) is 3.14. The Morgan fingerprint density at radius 1 is 0.935 bits per heavy atom. The molecule has 0 unspecified atom stereocenters. The van der Waals surface area contributed by atoms with Crippen molar-refractivity contribution < 1.29 is 0 Å². The second-order valence-electron chi connectivity index (χ2n) is 7.71. The molecular weight excluding hydrogens is 428 g/mol. The van der Waals surface area contributed by atoms with Crippen molar-refractivity contribution in [3.05, 3.63) is 109 Å². The van der Waals surface area contributed by atoms with Crippen LogP contribution >= 0.6 is 22.9 Å². The van der Waals surface area contributed by atoms with Crippen molar-refractivity contribution in [1.82, 2.24) is 9.13 Å². The molecule has 0 N–H and O–H groups in total. The number of fused-ring (bicyclic) bond motifs is 3. The van der Waals surface area contributed by atoms with E-state index < -0.39 is 0 Å². The summed E-state index contributed by atoms with van der Waals surface area (Å²) in [5.74, 6) is 0. The van der Waals surface area contributed by atoms with Crippen LogP contribution in [0.2, 0.25) is 5.02 Å². The van der Waals surface area contributed by atoms with Gasteiger partial charge < -0.3 is 0 Å². The molecule has 0 aliphatic carbocycles. The van der Waals surface area contributed by atoms with Crippen LogP contribution < -0.4 is 11.2 Å². The molecular formula is C25H19ClN2O2S. The number of hydrogen-bond donors (Lipinski definition) is 0. The van der Waals surface area contributed by atoms with Gasteiger partial charge in [0.1, 0.15) is 4.70 Å². The lowest BCUT2D eigenvalue weighted by Gasteiger charge is -2.15. The summed E-state index contributed by atoms with van der Waals surface area (Å²) in [6, 6.07) is 21.2. The molecule has 0 amide bonds. The van der Waals surface area contributed by atoms with Crippen molar-refractivity contribution in [1.29, 1.82) is 0 Å². The summed E-state index contributed by atoms with van der Waals surface area (Å²) < 4.78 is 4.51. The summed E-state index contributed by atoms with van der Waals surface area (Å²) in [5, 5.41) is 1.40. The number of rotatable bonds is 3. The molecule has 0 aliphatic rings. The van der Waals surface area contributed by atoms with Gasteiger partial charge in [-0.05, 0) is 43.2 Å². The van der Waals surface area contributed by atoms with E-state index in [4.69, 9.17) is 11.6 Å². The zero-order chi connectivity index (χ0) is 21.7. The monoisotopic (exact) mass is 446 g/mol. The van der Waals surface area contributed by atoms with E-state index in [0.717, 1.165) is 26.8 Å². The first-order chi connectivity index (χ1) is 14.9. The van der Waals surface area contributed by atoms with Crippen LogP contribution in [0.5, 0.6) is 0 Å². The largest absolute Gasteiger partial charge is 0.336 e. The third-order valence-corrected chi connectivity index (χ3v) is 6.88. The van der Waals surface area contributed by atoms with E-state index in [1.807, 2.05) is 62.4 Å². The first-order valence-electron chi connectivity index (χ1n) is 9.93. The van der Waals surface area contributed by atoms with Crippen LogP contribution in [-0.4, -0.2) is 9.13 Å². The molecule has 2 aromatic heterocycles. The van der Waals surface area contributed by atoms with E-state index in [-0.39, 0.29) is 11.2 Å². The van der Waals surface area contributed by atoms with Crippen molar-refractivity contribution in [2.75, 3.05) is 0 Å². The standard InChI is InChI=1S/C25H19ClN2O2S/c1-15-6-5-7-17(12-15)14-27-22-19-8-3-4-9-21(19)31-23(22)24(29)28(25(27)30)20-13-18(26)11-10-16(20)2/h3-13H,14H2,1-2H3. The number of halogens is 1. The normalized spacial score (nSPS) is 11.5. The molecule has 0 spiro atoms. The Hall–Kier alpha value is -3.15. The average molecular weight is 447 g/mol. The minimum Gasteiger partial charge on any atom is -0.287 e. The van der Waals surface area contributed by atoms with Crippen LogP contribution in [0.1, 0.15) is 16.7 Å². The fourth-order valence-electron chi connectivity index (χ4n) is 4.03. The Bertz CT molecular complexity index is 1590. The Morgan fingerprint density at radius 3 is 2.55 bits per heavy atom. The Morgan fingerprint density at radius 2 is 1.74 bits per heavy atom. The fraction of sp³-hybridized carbons (Fsp3) is 0.120. The van der Waals surface area contributed by atoms with Gasteiger partial charge in [0.2, 0.25) is 0 Å². The highest BCUT2D eigenvalue weighted by Crippen LogP contribution is 2.31. The predicted molar refractivity (Wildman–Crippen MR) is 129 cm³/mol.